The molecule has 0 saturated heterocycles. The van der Waals surface area contributed by atoms with Crippen molar-refractivity contribution in [1.82, 2.24) is 15.0 Å². The van der Waals surface area contributed by atoms with Crippen molar-refractivity contribution in [2.75, 3.05) is 17.6 Å². The summed E-state index contributed by atoms with van der Waals surface area (Å²) < 4.78 is 0.799. The van der Waals surface area contributed by atoms with Crippen LogP contribution in [0, 0.1) is 0 Å². The molecule has 0 aliphatic rings. The van der Waals surface area contributed by atoms with Crippen LogP contribution in [0.1, 0.15) is 5.69 Å². The fraction of sp³-hybridized carbons (Fsp3) is 0.182. The lowest BCUT2D eigenvalue weighted by molar-refractivity contribution is 0.950. The maximum Gasteiger partial charge on any atom is 0.221 e. The molecule has 0 amide bonds. The Morgan fingerprint density at radius 2 is 2.18 bits per heavy atom. The molecule has 3 N–H and O–H groups in total. The lowest BCUT2D eigenvalue weighted by Gasteiger charge is -2.07. The van der Waals surface area contributed by atoms with Gasteiger partial charge in [0.1, 0.15) is 5.82 Å². The first-order valence-electron chi connectivity index (χ1n) is 5.17. The largest absolute Gasteiger partial charge is 0.369 e. The molecule has 88 valence electrons. The van der Waals surface area contributed by atoms with Gasteiger partial charge in [0, 0.05) is 31.1 Å². The second-order valence-electron chi connectivity index (χ2n) is 3.42. The lowest BCUT2D eigenvalue weighted by Crippen LogP contribution is -2.09. The van der Waals surface area contributed by atoms with Crippen LogP contribution < -0.4 is 11.1 Å². The Morgan fingerprint density at radius 3 is 2.94 bits per heavy atom. The fourth-order valence-corrected chi connectivity index (χ4v) is 1.69. The molecule has 2 aromatic rings. The normalized spacial score (nSPS) is 10.2. The van der Waals surface area contributed by atoms with Gasteiger partial charge in [-0.2, -0.15) is 4.98 Å². The van der Waals surface area contributed by atoms with E-state index in [0.717, 1.165) is 23.1 Å². The van der Waals surface area contributed by atoms with E-state index in [1.807, 2.05) is 18.2 Å². The zero-order valence-electron chi connectivity index (χ0n) is 9.10. The first-order valence-corrected chi connectivity index (χ1v) is 5.97. The molecule has 0 radical (unpaired) electrons. The van der Waals surface area contributed by atoms with Gasteiger partial charge in [0.05, 0.1) is 4.47 Å². The third-order valence-electron chi connectivity index (χ3n) is 2.16. The first kappa shape index (κ1) is 11.8. The molecule has 0 saturated carbocycles. The molecule has 0 spiro atoms. The van der Waals surface area contributed by atoms with Crippen LogP contribution in [0.2, 0.25) is 0 Å². The van der Waals surface area contributed by atoms with Crippen molar-refractivity contribution in [1.29, 1.82) is 0 Å². The summed E-state index contributed by atoms with van der Waals surface area (Å²) in [7, 11) is 0. The third-order valence-corrected chi connectivity index (χ3v) is 2.74. The average molecular weight is 294 g/mol. The van der Waals surface area contributed by atoms with E-state index in [0.29, 0.717) is 5.82 Å². The van der Waals surface area contributed by atoms with Crippen LogP contribution in [-0.2, 0) is 6.42 Å². The summed E-state index contributed by atoms with van der Waals surface area (Å²) in [5, 5.41) is 3.18. The topological polar surface area (TPSA) is 76.7 Å². The van der Waals surface area contributed by atoms with Gasteiger partial charge >= 0.3 is 0 Å². The van der Waals surface area contributed by atoms with Gasteiger partial charge in [0.25, 0.3) is 0 Å². The number of nitrogen functional groups attached to an aromatic ring is 1. The van der Waals surface area contributed by atoms with Gasteiger partial charge in [-0.15, -0.1) is 0 Å². The monoisotopic (exact) mass is 293 g/mol. The Labute approximate surface area is 108 Å². The quantitative estimate of drug-likeness (QED) is 0.900. The number of aromatic nitrogens is 3. The van der Waals surface area contributed by atoms with Gasteiger partial charge in [-0.25, -0.2) is 4.98 Å². The van der Waals surface area contributed by atoms with Crippen LogP contribution in [-0.4, -0.2) is 21.5 Å². The number of halogens is 1. The standard InChI is InChI=1S/C11H12BrN5/c12-9-7-16-11(13)17-10(9)15-6-4-8-3-1-2-5-14-8/h1-3,5,7H,4,6H2,(H3,13,15,16,17). The van der Waals surface area contributed by atoms with E-state index in [-0.39, 0.29) is 5.95 Å². The minimum absolute atomic E-state index is 0.258. The molecular formula is C11H12BrN5. The van der Waals surface area contributed by atoms with Crippen LogP contribution in [0.25, 0.3) is 0 Å². The number of rotatable bonds is 4. The van der Waals surface area contributed by atoms with Gasteiger partial charge in [-0.3, -0.25) is 4.98 Å². The van der Waals surface area contributed by atoms with E-state index in [4.69, 9.17) is 5.73 Å². The van der Waals surface area contributed by atoms with Crippen LogP contribution in [0.15, 0.2) is 35.1 Å². The number of hydrogen-bond acceptors (Lipinski definition) is 5. The van der Waals surface area contributed by atoms with Crippen molar-refractivity contribution in [3.63, 3.8) is 0 Å². The molecule has 0 aromatic carbocycles. The molecule has 0 atom stereocenters. The highest BCUT2D eigenvalue weighted by Gasteiger charge is 2.02. The molecule has 2 rings (SSSR count). The predicted octanol–water partition coefficient (Wildman–Crippen LogP) is 1.87. The van der Waals surface area contributed by atoms with Crippen LogP contribution in [0.3, 0.4) is 0 Å². The molecular weight excluding hydrogens is 282 g/mol. The summed E-state index contributed by atoms with van der Waals surface area (Å²) in [6, 6.07) is 5.87. The molecule has 0 fully saturated rings. The van der Waals surface area contributed by atoms with Gasteiger partial charge in [-0.05, 0) is 28.1 Å². The van der Waals surface area contributed by atoms with Gasteiger partial charge in [0.2, 0.25) is 5.95 Å². The molecule has 0 unspecified atom stereocenters. The number of nitrogens with zero attached hydrogens (tertiary/aromatic N) is 3. The van der Waals surface area contributed by atoms with Crippen molar-refractivity contribution >= 4 is 27.7 Å². The maximum absolute atomic E-state index is 5.51. The van der Waals surface area contributed by atoms with Crippen molar-refractivity contribution in [3.05, 3.63) is 40.8 Å². The van der Waals surface area contributed by atoms with Crippen molar-refractivity contribution in [2.45, 2.75) is 6.42 Å². The zero-order chi connectivity index (χ0) is 12.1. The summed E-state index contributed by atoms with van der Waals surface area (Å²) in [6.45, 7) is 0.742. The maximum atomic E-state index is 5.51. The van der Waals surface area contributed by atoms with E-state index >= 15 is 0 Å². The highest BCUT2D eigenvalue weighted by Crippen LogP contribution is 2.18. The Hall–Kier alpha value is -1.69. The van der Waals surface area contributed by atoms with E-state index < -0.39 is 0 Å². The van der Waals surface area contributed by atoms with E-state index in [2.05, 4.69) is 36.2 Å². The third kappa shape index (κ3) is 3.39. The molecule has 0 aliphatic heterocycles. The van der Waals surface area contributed by atoms with Crippen LogP contribution in [0.5, 0.6) is 0 Å². The smallest absolute Gasteiger partial charge is 0.221 e. The van der Waals surface area contributed by atoms with E-state index in [1.165, 1.54) is 0 Å². The number of nitrogens with two attached hydrogens (primary N) is 1. The second-order valence-corrected chi connectivity index (χ2v) is 4.28. The predicted molar refractivity (Wildman–Crippen MR) is 70.6 cm³/mol. The van der Waals surface area contributed by atoms with Crippen molar-refractivity contribution in [2.24, 2.45) is 0 Å². The molecule has 2 heterocycles. The molecule has 2 aromatic heterocycles. The highest BCUT2D eigenvalue weighted by molar-refractivity contribution is 9.10. The van der Waals surface area contributed by atoms with E-state index in [9.17, 15) is 0 Å². The molecule has 5 nitrogen and oxygen atoms in total. The zero-order valence-corrected chi connectivity index (χ0v) is 10.7. The van der Waals surface area contributed by atoms with Gasteiger partial charge in [0.15, 0.2) is 0 Å². The SMILES string of the molecule is Nc1ncc(Br)c(NCCc2ccccn2)n1. The van der Waals surface area contributed by atoms with Crippen molar-refractivity contribution < 1.29 is 0 Å². The van der Waals surface area contributed by atoms with E-state index in [1.54, 1.807) is 12.4 Å². The molecule has 17 heavy (non-hydrogen) atoms. The molecule has 0 aliphatic carbocycles. The number of anilines is 2. The van der Waals surface area contributed by atoms with Gasteiger partial charge < -0.3 is 11.1 Å². The molecule has 0 bridgehead atoms. The summed E-state index contributed by atoms with van der Waals surface area (Å²) in [5.41, 5.74) is 6.55. The Morgan fingerprint density at radius 1 is 1.29 bits per heavy atom. The van der Waals surface area contributed by atoms with Crippen LogP contribution >= 0.6 is 15.9 Å². The number of pyridine rings is 1. The lowest BCUT2D eigenvalue weighted by atomic mass is 10.3. The summed E-state index contributed by atoms with van der Waals surface area (Å²) in [5.74, 6) is 0.960. The minimum Gasteiger partial charge on any atom is -0.369 e. The Bertz CT molecular complexity index is 488. The van der Waals surface area contributed by atoms with Crippen LogP contribution in [0.4, 0.5) is 11.8 Å². The summed E-state index contributed by atoms with van der Waals surface area (Å²) in [6.07, 6.45) is 4.25. The minimum atomic E-state index is 0.258. The molecule has 6 heteroatoms. The number of nitrogens with one attached hydrogen (secondary N) is 1. The summed E-state index contributed by atoms with van der Waals surface area (Å²) in [4.78, 5) is 12.2. The van der Waals surface area contributed by atoms with Gasteiger partial charge in [-0.1, -0.05) is 6.07 Å². The average Bonchev–Trinajstić information content (AvgIpc) is 2.35. The summed E-state index contributed by atoms with van der Waals surface area (Å²) >= 11 is 3.36. The fourth-order valence-electron chi connectivity index (χ4n) is 1.36. The Kier molecular flexibility index (Phi) is 3.87. The first-order chi connectivity index (χ1) is 8.25. The number of hydrogen-bond donors (Lipinski definition) is 2. The highest BCUT2D eigenvalue weighted by atomic mass is 79.9. The second kappa shape index (κ2) is 5.58. The Balaban J connectivity index is 1.92. The van der Waals surface area contributed by atoms with Crippen molar-refractivity contribution in [3.8, 4) is 0 Å².